The van der Waals surface area contributed by atoms with E-state index in [1.165, 1.54) is 0 Å². The zero-order valence-electron chi connectivity index (χ0n) is 9.57. The first kappa shape index (κ1) is 11.1. The minimum atomic E-state index is -0.378. The van der Waals surface area contributed by atoms with Gasteiger partial charge in [-0.3, -0.25) is 4.79 Å². The van der Waals surface area contributed by atoms with Crippen LogP contribution >= 0.6 is 11.3 Å². The standard InChI is InChI=1S/C12H14N2OS/c1-12(2,3)11(15)14-8-4-5-10-9(6-8)13-7-16-10/h4-7H,1-3H3,(H,14,15). The Morgan fingerprint density at radius 3 is 2.81 bits per heavy atom. The van der Waals surface area contributed by atoms with Crippen LogP contribution in [0.2, 0.25) is 0 Å². The van der Waals surface area contributed by atoms with Crippen molar-refractivity contribution in [2.45, 2.75) is 20.8 Å². The number of carbonyl (C=O) groups is 1. The van der Waals surface area contributed by atoms with Crippen LogP contribution in [0.5, 0.6) is 0 Å². The first-order valence-corrected chi connectivity index (χ1v) is 5.99. The van der Waals surface area contributed by atoms with Gasteiger partial charge >= 0.3 is 0 Å². The van der Waals surface area contributed by atoms with Crippen molar-refractivity contribution in [1.29, 1.82) is 0 Å². The lowest BCUT2D eigenvalue weighted by molar-refractivity contribution is -0.123. The third-order valence-corrected chi connectivity index (χ3v) is 3.08. The van der Waals surface area contributed by atoms with Gasteiger partial charge in [0.2, 0.25) is 5.91 Å². The molecule has 0 fully saturated rings. The van der Waals surface area contributed by atoms with Crippen molar-refractivity contribution in [2.24, 2.45) is 5.41 Å². The van der Waals surface area contributed by atoms with Crippen LogP contribution in [0.15, 0.2) is 23.7 Å². The summed E-state index contributed by atoms with van der Waals surface area (Å²) in [5, 5.41) is 2.89. The highest BCUT2D eigenvalue weighted by molar-refractivity contribution is 7.16. The summed E-state index contributed by atoms with van der Waals surface area (Å²) in [6.07, 6.45) is 0. The Morgan fingerprint density at radius 1 is 1.38 bits per heavy atom. The fourth-order valence-electron chi connectivity index (χ4n) is 1.25. The summed E-state index contributed by atoms with van der Waals surface area (Å²) in [4.78, 5) is 16.0. The van der Waals surface area contributed by atoms with Gasteiger partial charge in [-0.05, 0) is 18.2 Å². The quantitative estimate of drug-likeness (QED) is 0.822. The van der Waals surface area contributed by atoms with Crippen LogP contribution in [0.4, 0.5) is 5.69 Å². The van der Waals surface area contributed by atoms with Gasteiger partial charge in [0.25, 0.3) is 0 Å². The topological polar surface area (TPSA) is 42.0 Å². The smallest absolute Gasteiger partial charge is 0.229 e. The Morgan fingerprint density at radius 2 is 2.12 bits per heavy atom. The Bertz CT molecular complexity index is 525. The highest BCUT2D eigenvalue weighted by Gasteiger charge is 2.21. The second-order valence-electron chi connectivity index (χ2n) is 4.74. The molecule has 0 aliphatic rings. The molecule has 1 heterocycles. The average Bonchev–Trinajstić information content (AvgIpc) is 2.63. The first-order valence-electron chi connectivity index (χ1n) is 5.11. The fraction of sp³-hybridized carbons (Fsp3) is 0.333. The third-order valence-electron chi connectivity index (χ3n) is 2.27. The number of anilines is 1. The molecule has 0 saturated carbocycles. The molecule has 16 heavy (non-hydrogen) atoms. The number of carbonyl (C=O) groups excluding carboxylic acids is 1. The number of hydrogen-bond donors (Lipinski definition) is 1. The molecule has 0 unspecified atom stereocenters. The number of rotatable bonds is 1. The summed E-state index contributed by atoms with van der Waals surface area (Å²) in [6.45, 7) is 5.68. The normalized spacial score (nSPS) is 11.7. The molecular formula is C12H14N2OS. The van der Waals surface area contributed by atoms with E-state index in [0.717, 1.165) is 15.9 Å². The number of nitrogens with zero attached hydrogens (tertiary/aromatic N) is 1. The molecule has 0 spiro atoms. The van der Waals surface area contributed by atoms with Gasteiger partial charge in [0, 0.05) is 11.1 Å². The molecule has 1 N–H and O–H groups in total. The van der Waals surface area contributed by atoms with E-state index >= 15 is 0 Å². The van der Waals surface area contributed by atoms with Crippen molar-refractivity contribution in [3.05, 3.63) is 23.7 Å². The number of thiazole rings is 1. The summed E-state index contributed by atoms with van der Waals surface area (Å²) in [5.74, 6) is 0.0158. The number of nitrogens with one attached hydrogen (secondary N) is 1. The Labute approximate surface area is 98.5 Å². The second kappa shape index (κ2) is 3.87. The zero-order chi connectivity index (χ0) is 11.8. The van der Waals surface area contributed by atoms with E-state index < -0.39 is 0 Å². The molecule has 2 aromatic rings. The highest BCUT2D eigenvalue weighted by Crippen LogP contribution is 2.23. The van der Waals surface area contributed by atoms with E-state index in [0.29, 0.717) is 0 Å². The van der Waals surface area contributed by atoms with Crippen LogP contribution in [-0.2, 0) is 4.79 Å². The van der Waals surface area contributed by atoms with Crippen LogP contribution in [0.1, 0.15) is 20.8 Å². The van der Waals surface area contributed by atoms with Crippen LogP contribution in [-0.4, -0.2) is 10.9 Å². The van der Waals surface area contributed by atoms with Crippen molar-refractivity contribution >= 4 is 33.1 Å². The minimum absolute atomic E-state index is 0.0158. The molecule has 0 aliphatic heterocycles. The molecule has 0 atom stereocenters. The second-order valence-corrected chi connectivity index (χ2v) is 5.63. The number of aromatic nitrogens is 1. The number of benzene rings is 1. The summed E-state index contributed by atoms with van der Waals surface area (Å²) in [6, 6.07) is 5.78. The number of hydrogen-bond acceptors (Lipinski definition) is 3. The molecule has 1 aromatic carbocycles. The molecule has 2 rings (SSSR count). The average molecular weight is 234 g/mol. The largest absolute Gasteiger partial charge is 0.326 e. The summed E-state index contributed by atoms with van der Waals surface area (Å²) >= 11 is 1.60. The van der Waals surface area contributed by atoms with E-state index in [4.69, 9.17) is 0 Å². The van der Waals surface area contributed by atoms with Gasteiger partial charge < -0.3 is 5.32 Å². The van der Waals surface area contributed by atoms with Crippen LogP contribution in [0, 0.1) is 5.41 Å². The van der Waals surface area contributed by atoms with Crippen molar-refractivity contribution in [1.82, 2.24) is 4.98 Å². The molecule has 1 aromatic heterocycles. The molecule has 0 saturated heterocycles. The van der Waals surface area contributed by atoms with Gasteiger partial charge in [-0.2, -0.15) is 0 Å². The fourth-order valence-corrected chi connectivity index (χ4v) is 1.91. The van der Waals surface area contributed by atoms with Gasteiger partial charge in [0.1, 0.15) is 0 Å². The molecule has 0 aliphatic carbocycles. The highest BCUT2D eigenvalue weighted by atomic mass is 32.1. The van der Waals surface area contributed by atoms with Crippen molar-refractivity contribution in [3.63, 3.8) is 0 Å². The lowest BCUT2D eigenvalue weighted by Gasteiger charge is -2.17. The van der Waals surface area contributed by atoms with E-state index in [2.05, 4.69) is 10.3 Å². The monoisotopic (exact) mass is 234 g/mol. The Kier molecular flexibility index (Phi) is 2.68. The maximum atomic E-state index is 11.8. The summed E-state index contributed by atoms with van der Waals surface area (Å²) in [5.41, 5.74) is 3.16. The van der Waals surface area contributed by atoms with E-state index in [1.807, 2.05) is 39.0 Å². The summed E-state index contributed by atoms with van der Waals surface area (Å²) in [7, 11) is 0. The minimum Gasteiger partial charge on any atom is -0.326 e. The van der Waals surface area contributed by atoms with Crippen LogP contribution in [0.3, 0.4) is 0 Å². The van der Waals surface area contributed by atoms with Crippen molar-refractivity contribution in [3.8, 4) is 0 Å². The van der Waals surface area contributed by atoms with Gasteiger partial charge in [0.15, 0.2) is 0 Å². The van der Waals surface area contributed by atoms with Gasteiger partial charge in [-0.15, -0.1) is 11.3 Å². The summed E-state index contributed by atoms with van der Waals surface area (Å²) < 4.78 is 1.13. The van der Waals surface area contributed by atoms with Crippen molar-refractivity contribution < 1.29 is 4.79 Å². The number of fused-ring (bicyclic) bond motifs is 1. The molecule has 84 valence electrons. The molecule has 0 bridgehead atoms. The van der Waals surface area contributed by atoms with Crippen LogP contribution in [0.25, 0.3) is 10.2 Å². The van der Waals surface area contributed by atoms with E-state index in [1.54, 1.807) is 16.8 Å². The Hall–Kier alpha value is -1.42. The Balaban J connectivity index is 2.24. The predicted octanol–water partition coefficient (Wildman–Crippen LogP) is 3.28. The molecule has 4 heteroatoms. The third kappa shape index (κ3) is 2.22. The van der Waals surface area contributed by atoms with Crippen molar-refractivity contribution in [2.75, 3.05) is 5.32 Å². The van der Waals surface area contributed by atoms with E-state index in [-0.39, 0.29) is 11.3 Å². The van der Waals surface area contributed by atoms with E-state index in [9.17, 15) is 4.79 Å². The van der Waals surface area contributed by atoms with Gasteiger partial charge in [-0.25, -0.2) is 4.98 Å². The first-order chi connectivity index (χ1) is 7.47. The predicted molar refractivity (Wildman–Crippen MR) is 67.7 cm³/mol. The molecular weight excluding hydrogens is 220 g/mol. The van der Waals surface area contributed by atoms with Gasteiger partial charge in [0.05, 0.1) is 15.7 Å². The maximum Gasteiger partial charge on any atom is 0.229 e. The zero-order valence-corrected chi connectivity index (χ0v) is 10.4. The lowest BCUT2D eigenvalue weighted by Crippen LogP contribution is -2.27. The molecule has 3 nitrogen and oxygen atoms in total. The lowest BCUT2D eigenvalue weighted by atomic mass is 9.95. The molecule has 0 radical (unpaired) electrons. The number of amides is 1. The van der Waals surface area contributed by atoms with Gasteiger partial charge in [-0.1, -0.05) is 20.8 Å². The van der Waals surface area contributed by atoms with Crippen LogP contribution < -0.4 is 5.32 Å². The molecule has 1 amide bonds. The maximum absolute atomic E-state index is 11.8. The SMILES string of the molecule is CC(C)(C)C(=O)Nc1ccc2scnc2c1.